The van der Waals surface area contributed by atoms with Crippen LogP contribution in [0.25, 0.3) is 0 Å². The average molecular weight is 615 g/mol. The monoisotopic (exact) mass is 614 g/mol. The molecule has 2 aliphatic heterocycles. The number of aliphatic hydroxyl groups is 1. The zero-order valence-corrected chi connectivity index (χ0v) is 25.0. The zero-order chi connectivity index (χ0) is 30.4. The third kappa shape index (κ3) is 9.36. The minimum atomic E-state index is -3.90. The minimum absolute atomic E-state index is 0.0126. The van der Waals surface area contributed by atoms with Crippen molar-refractivity contribution in [1.29, 1.82) is 0 Å². The van der Waals surface area contributed by atoms with E-state index in [4.69, 9.17) is 24.5 Å². The van der Waals surface area contributed by atoms with Crippen molar-refractivity contribution in [3.63, 3.8) is 0 Å². The second-order valence-electron chi connectivity index (χ2n) is 10.00. The summed E-state index contributed by atoms with van der Waals surface area (Å²) in [5.41, 5.74) is 0.905. The van der Waals surface area contributed by atoms with Crippen LogP contribution in [0, 0.1) is 0 Å². The van der Waals surface area contributed by atoms with Crippen molar-refractivity contribution in [2.75, 3.05) is 69.0 Å². The van der Waals surface area contributed by atoms with Crippen molar-refractivity contribution >= 4 is 37.4 Å². The zero-order valence-electron chi connectivity index (χ0n) is 23.4. The van der Waals surface area contributed by atoms with E-state index in [1.165, 1.54) is 24.3 Å². The molecule has 0 saturated carbocycles. The Hall–Kier alpha value is -2.79. The molecule has 2 saturated heterocycles. The Labute approximate surface area is 241 Å². The molecule has 0 atom stereocenters. The SMILES string of the molecule is CC(C)(O)c1cc(N2CCOCC2)cc(S(N)(=O)=O)c1.CCOC(=O)c1cc(N2CCOCC2)cc(S(N)(=O)=O)c1. The molecule has 0 bridgehead atoms. The molecule has 0 aromatic heterocycles. The van der Waals surface area contributed by atoms with E-state index < -0.39 is 31.6 Å². The molecular formula is C26H38N4O9S2. The first kappa shape index (κ1) is 32.7. The summed E-state index contributed by atoms with van der Waals surface area (Å²) in [4.78, 5) is 15.7. The van der Waals surface area contributed by atoms with Crippen LogP contribution in [0.4, 0.5) is 11.4 Å². The van der Waals surface area contributed by atoms with E-state index in [2.05, 4.69) is 0 Å². The van der Waals surface area contributed by atoms with Gasteiger partial charge >= 0.3 is 5.97 Å². The van der Waals surface area contributed by atoms with Crippen molar-refractivity contribution in [2.24, 2.45) is 10.3 Å². The highest BCUT2D eigenvalue weighted by Crippen LogP contribution is 2.29. The van der Waals surface area contributed by atoms with Gasteiger partial charge in [0.15, 0.2) is 0 Å². The lowest BCUT2D eigenvalue weighted by Gasteiger charge is -2.30. The summed E-state index contributed by atoms with van der Waals surface area (Å²) in [5.74, 6) is -0.572. The van der Waals surface area contributed by atoms with Gasteiger partial charge in [0, 0.05) is 37.6 Å². The quantitative estimate of drug-likeness (QED) is 0.373. The van der Waals surface area contributed by atoms with Gasteiger partial charge in [0.2, 0.25) is 20.0 Å². The number of ether oxygens (including phenoxy) is 3. The molecule has 2 aliphatic rings. The van der Waals surface area contributed by atoms with Crippen molar-refractivity contribution in [3.8, 4) is 0 Å². The number of benzene rings is 2. The number of carbonyl (C=O) groups excluding carboxylic acids is 1. The highest BCUT2D eigenvalue weighted by Gasteiger charge is 2.23. The Morgan fingerprint density at radius 1 is 0.829 bits per heavy atom. The van der Waals surface area contributed by atoms with Crippen LogP contribution in [0.5, 0.6) is 0 Å². The number of carbonyl (C=O) groups is 1. The Morgan fingerprint density at radius 2 is 1.27 bits per heavy atom. The number of morpholine rings is 2. The Morgan fingerprint density at radius 3 is 1.68 bits per heavy atom. The molecule has 2 fully saturated rings. The smallest absolute Gasteiger partial charge is 0.338 e. The van der Waals surface area contributed by atoms with Crippen molar-refractivity contribution in [2.45, 2.75) is 36.2 Å². The Kier molecular flexibility index (Phi) is 10.7. The molecular weight excluding hydrogens is 576 g/mol. The number of esters is 1. The second kappa shape index (κ2) is 13.5. The maximum absolute atomic E-state index is 11.9. The van der Waals surface area contributed by atoms with Crippen LogP contribution in [-0.4, -0.2) is 87.1 Å². The van der Waals surface area contributed by atoms with Gasteiger partial charge in [-0.15, -0.1) is 0 Å². The van der Waals surface area contributed by atoms with Gasteiger partial charge in [0.05, 0.1) is 54.0 Å². The lowest BCUT2D eigenvalue weighted by Crippen LogP contribution is -2.36. The van der Waals surface area contributed by atoms with Crippen molar-refractivity contribution in [1.82, 2.24) is 0 Å². The van der Waals surface area contributed by atoms with Gasteiger partial charge in [-0.2, -0.15) is 0 Å². The van der Waals surface area contributed by atoms with Crippen molar-refractivity contribution in [3.05, 3.63) is 47.5 Å². The first-order valence-corrected chi connectivity index (χ1v) is 16.1. The van der Waals surface area contributed by atoms with Crippen LogP contribution < -0.4 is 20.1 Å². The van der Waals surface area contributed by atoms with Crippen LogP contribution in [-0.2, 0) is 39.9 Å². The predicted molar refractivity (Wildman–Crippen MR) is 153 cm³/mol. The van der Waals surface area contributed by atoms with Gasteiger partial charge in [0.1, 0.15) is 0 Å². The molecule has 2 aromatic rings. The summed E-state index contributed by atoms with van der Waals surface area (Å²) in [6.45, 7) is 10.0. The van der Waals surface area contributed by atoms with E-state index in [0.717, 1.165) is 5.69 Å². The maximum atomic E-state index is 11.9. The van der Waals surface area contributed by atoms with Crippen LogP contribution >= 0.6 is 0 Å². The van der Waals surface area contributed by atoms with Gasteiger partial charge in [-0.3, -0.25) is 0 Å². The summed E-state index contributed by atoms with van der Waals surface area (Å²) in [6.07, 6.45) is 0. The standard InChI is InChI=1S/C13H18N2O5S.C13H20N2O4S/c1-2-20-13(16)10-7-11(15-3-5-19-6-4-15)9-12(8-10)21(14,17)18;1-13(2,16)10-7-11(15-3-5-19-6-4-15)9-12(8-10)20(14,17)18/h7-9H,2-6H2,1H3,(H2,14,17,18);7-9,16H,3-6H2,1-2H3,(H2,14,17,18). The fourth-order valence-electron chi connectivity index (χ4n) is 4.19. The molecule has 41 heavy (non-hydrogen) atoms. The van der Waals surface area contributed by atoms with Gasteiger partial charge in [-0.25, -0.2) is 31.9 Å². The summed E-state index contributed by atoms with van der Waals surface area (Å²) >= 11 is 0. The number of primary sulfonamides is 2. The van der Waals surface area contributed by atoms with Crippen LogP contribution in [0.15, 0.2) is 46.2 Å². The molecule has 0 radical (unpaired) electrons. The molecule has 4 rings (SSSR count). The van der Waals surface area contributed by atoms with E-state index >= 15 is 0 Å². The van der Waals surface area contributed by atoms with Crippen molar-refractivity contribution < 1.29 is 40.9 Å². The number of hydrogen-bond donors (Lipinski definition) is 3. The van der Waals surface area contributed by atoms with Gasteiger partial charge in [0.25, 0.3) is 0 Å². The van der Waals surface area contributed by atoms with E-state index in [-0.39, 0.29) is 22.0 Å². The number of hydrogen-bond acceptors (Lipinski definition) is 11. The third-order valence-corrected chi connectivity index (χ3v) is 8.20. The molecule has 13 nitrogen and oxygen atoms in total. The number of sulfonamides is 2. The third-order valence-electron chi connectivity index (χ3n) is 6.41. The average Bonchev–Trinajstić information content (AvgIpc) is 2.92. The first-order valence-electron chi connectivity index (χ1n) is 13.0. The number of anilines is 2. The molecule has 228 valence electrons. The second-order valence-corrected chi connectivity index (χ2v) is 13.1. The maximum Gasteiger partial charge on any atom is 0.338 e. The topological polar surface area (TPSA) is 192 Å². The fourth-order valence-corrected chi connectivity index (χ4v) is 5.34. The number of nitrogens with zero attached hydrogens (tertiary/aromatic N) is 2. The molecule has 0 spiro atoms. The molecule has 2 aromatic carbocycles. The van der Waals surface area contributed by atoms with Gasteiger partial charge < -0.3 is 29.1 Å². The molecule has 2 heterocycles. The van der Waals surface area contributed by atoms with Crippen LogP contribution in [0.1, 0.15) is 36.7 Å². The van der Waals surface area contributed by atoms with Gasteiger partial charge in [-0.1, -0.05) is 0 Å². The van der Waals surface area contributed by atoms with E-state index in [9.17, 15) is 26.7 Å². The largest absolute Gasteiger partial charge is 0.462 e. The highest BCUT2D eigenvalue weighted by molar-refractivity contribution is 7.89. The van der Waals surface area contributed by atoms with E-state index in [0.29, 0.717) is 63.9 Å². The van der Waals surface area contributed by atoms with Crippen LogP contribution in [0.3, 0.4) is 0 Å². The summed E-state index contributed by atoms with van der Waals surface area (Å²) in [7, 11) is -7.72. The van der Waals surface area contributed by atoms with Gasteiger partial charge in [-0.05, 0) is 62.7 Å². The Balaban J connectivity index is 0.000000226. The highest BCUT2D eigenvalue weighted by atomic mass is 32.2. The number of nitrogens with two attached hydrogens (primary N) is 2. The summed E-state index contributed by atoms with van der Waals surface area (Å²) in [6, 6.07) is 9.05. The molecule has 15 heteroatoms. The molecule has 0 unspecified atom stereocenters. The summed E-state index contributed by atoms with van der Waals surface area (Å²) < 4.78 is 61.8. The lowest BCUT2D eigenvalue weighted by molar-refractivity contribution is 0.0526. The van der Waals surface area contributed by atoms with Crippen LogP contribution in [0.2, 0.25) is 0 Å². The van der Waals surface area contributed by atoms with E-state index in [1.54, 1.807) is 32.9 Å². The predicted octanol–water partition coefficient (Wildman–Crippen LogP) is 0.745. The molecule has 5 N–H and O–H groups in total. The Bertz CT molecular complexity index is 1430. The minimum Gasteiger partial charge on any atom is -0.462 e. The normalized spacial score (nSPS) is 16.5. The molecule has 0 amide bonds. The molecule has 0 aliphatic carbocycles. The number of rotatable bonds is 7. The van der Waals surface area contributed by atoms with E-state index in [1.807, 2.05) is 9.80 Å². The first-order chi connectivity index (χ1) is 19.1. The lowest BCUT2D eigenvalue weighted by atomic mass is 9.97. The fraction of sp³-hybridized carbons (Fsp3) is 0.500. The summed E-state index contributed by atoms with van der Waals surface area (Å²) in [5, 5.41) is 20.5.